The van der Waals surface area contributed by atoms with E-state index in [1.165, 1.54) is 11.1 Å². The first-order valence-corrected chi connectivity index (χ1v) is 6.33. The second kappa shape index (κ2) is 6.78. The van der Waals surface area contributed by atoms with Gasteiger partial charge in [0.15, 0.2) is 0 Å². The highest BCUT2D eigenvalue weighted by Gasteiger charge is 2.35. The third-order valence-electron chi connectivity index (χ3n) is 3.08. The normalized spacial score (nSPS) is 13.6. The highest BCUT2D eigenvalue weighted by Crippen LogP contribution is 2.22. The largest absolute Gasteiger partial charge is 0.403 e. The lowest BCUT2D eigenvalue weighted by atomic mass is 10.0. The van der Waals surface area contributed by atoms with Gasteiger partial charge in [-0.05, 0) is 36.8 Å². The number of hydrogen-bond acceptors (Lipinski definition) is 1. The van der Waals surface area contributed by atoms with E-state index in [1.807, 2.05) is 12.1 Å². The van der Waals surface area contributed by atoms with E-state index in [2.05, 4.69) is 19.1 Å². The van der Waals surface area contributed by atoms with Crippen molar-refractivity contribution in [2.75, 3.05) is 0 Å². The Morgan fingerprint density at radius 2 is 1.61 bits per heavy atom. The summed E-state index contributed by atoms with van der Waals surface area (Å²) in [5.41, 5.74) is 7.49. The molecule has 0 unspecified atom stereocenters. The van der Waals surface area contributed by atoms with Crippen molar-refractivity contribution in [2.45, 2.75) is 51.2 Å². The maximum Gasteiger partial charge on any atom is 0.403 e. The van der Waals surface area contributed by atoms with E-state index < -0.39 is 12.2 Å². The van der Waals surface area contributed by atoms with Crippen molar-refractivity contribution in [3.8, 4) is 0 Å². The van der Waals surface area contributed by atoms with E-state index in [0.29, 0.717) is 6.42 Å². The summed E-state index contributed by atoms with van der Waals surface area (Å²) in [5.74, 6) is 0. The van der Waals surface area contributed by atoms with Gasteiger partial charge in [-0.2, -0.15) is 13.2 Å². The molecule has 0 saturated heterocycles. The molecule has 0 aliphatic carbocycles. The average molecular weight is 259 g/mol. The maximum atomic E-state index is 12.2. The van der Waals surface area contributed by atoms with Crippen molar-refractivity contribution >= 4 is 0 Å². The quantitative estimate of drug-likeness (QED) is 0.771. The molecule has 1 nitrogen and oxygen atoms in total. The molecule has 0 bridgehead atoms. The topological polar surface area (TPSA) is 26.0 Å². The fourth-order valence-electron chi connectivity index (χ4n) is 1.80. The van der Waals surface area contributed by atoms with Crippen LogP contribution in [0.2, 0.25) is 0 Å². The summed E-state index contributed by atoms with van der Waals surface area (Å²) in [5, 5.41) is 0. The van der Waals surface area contributed by atoms with Gasteiger partial charge in [0, 0.05) is 0 Å². The van der Waals surface area contributed by atoms with Gasteiger partial charge in [0.1, 0.15) is 6.04 Å². The van der Waals surface area contributed by atoms with Crippen LogP contribution < -0.4 is 5.73 Å². The number of alkyl halides is 3. The summed E-state index contributed by atoms with van der Waals surface area (Å²) in [7, 11) is 0. The Bertz CT molecular complexity index is 343. The molecule has 0 aromatic heterocycles. The molecule has 2 N–H and O–H groups in total. The minimum Gasteiger partial charge on any atom is -0.320 e. The molecule has 0 heterocycles. The Labute approximate surface area is 106 Å². The van der Waals surface area contributed by atoms with E-state index in [-0.39, 0.29) is 6.42 Å². The van der Waals surface area contributed by atoms with Crippen LogP contribution in [0.15, 0.2) is 24.3 Å². The Morgan fingerprint density at radius 3 is 2.11 bits per heavy atom. The lowest BCUT2D eigenvalue weighted by Crippen LogP contribution is -2.37. The summed E-state index contributed by atoms with van der Waals surface area (Å²) >= 11 is 0. The van der Waals surface area contributed by atoms with Crippen LogP contribution in [-0.4, -0.2) is 12.2 Å². The van der Waals surface area contributed by atoms with Crippen LogP contribution in [0.5, 0.6) is 0 Å². The third-order valence-corrected chi connectivity index (χ3v) is 3.08. The molecule has 18 heavy (non-hydrogen) atoms. The number of halogens is 3. The highest BCUT2D eigenvalue weighted by atomic mass is 19.4. The Balaban J connectivity index is 2.25. The number of unbranched alkanes of at least 4 members (excludes halogenated alkanes) is 1. The molecule has 0 saturated carbocycles. The van der Waals surface area contributed by atoms with Crippen LogP contribution in [0.1, 0.15) is 37.3 Å². The number of nitrogens with two attached hydrogens (primary N) is 1. The second-order valence-electron chi connectivity index (χ2n) is 4.56. The zero-order valence-corrected chi connectivity index (χ0v) is 10.6. The van der Waals surface area contributed by atoms with E-state index in [1.54, 1.807) is 0 Å². The Morgan fingerprint density at radius 1 is 1.06 bits per heavy atom. The molecule has 1 atom stereocenters. The number of aryl methyl sites for hydroxylation is 2. The minimum absolute atomic E-state index is 0.0105. The molecule has 0 radical (unpaired) electrons. The van der Waals surface area contributed by atoms with Crippen LogP contribution in [0.4, 0.5) is 13.2 Å². The summed E-state index contributed by atoms with van der Waals surface area (Å²) in [6.07, 6.45) is -1.18. The predicted octanol–water partition coefficient (Wildman–Crippen LogP) is 3.85. The first-order chi connectivity index (χ1) is 8.43. The van der Waals surface area contributed by atoms with Crippen LogP contribution in [-0.2, 0) is 12.8 Å². The van der Waals surface area contributed by atoms with E-state index >= 15 is 0 Å². The monoisotopic (exact) mass is 259 g/mol. The molecule has 102 valence electrons. The summed E-state index contributed by atoms with van der Waals surface area (Å²) < 4.78 is 36.5. The summed E-state index contributed by atoms with van der Waals surface area (Å²) in [4.78, 5) is 0. The van der Waals surface area contributed by atoms with Gasteiger partial charge < -0.3 is 5.73 Å². The van der Waals surface area contributed by atoms with Gasteiger partial charge in [-0.15, -0.1) is 0 Å². The molecule has 1 aromatic rings. The summed E-state index contributed by atoms with van der Waals surface area (Å²) in [6.45, 7) is 2.09. The molecular weight excluding hydrogens is 239 g/mol. The molecule has 1 rings (SSSR count). The van der Waals surface area contributed by atoms with Gasteiger partial charge in [-0.3, -0.25) is 0 Å². The summed E-state index contributed by atoms with van der Waals surface area (Å²) in [6, 6.07) is 6.54. The predicted molar refractivity (Wildman–Crippen MR) is 67.4 cm³/mol. The molecule has 0 aliphatic heterocycles. The fourth-order valence-corrected chi connectivity index (χ4v) is 1.80. The lowest BCUT2D eigenvalue weighted by Gasteiger charge is -2.14. The van der Waals surface area contributed by atoms with Crippen molar-refractivity contribution in [2.24, 2.45) is 5.73 Å². The van der Waals surface area contributed by atoms with Gasteiger partial charge in [0.2, 0.25) is 0 Å². The van der Waals surface area contributed by atoms with Gasteiger partial charge in [0.05, 0.1) is 0 Å². The first kappa shape index (κ1) is 15.0. The van der Waals surface area contributed by atoms with Crippen molar-refractivity contribution in [3.05, 3.63) is 35.4 Å². The van der Waals surface area contributed by atoms with Gasteiger partial charge in [-0.25, -0.2) is 0 Å². The van der Waals surface area contributed by atoms with E-state index in [4.69, 9.17) is 5.73 Å². The van der Waals surface area contributed by atoms with Crippen LogP contribution in [0.25, 0.3) is 0 Å². The van der Waals surface area contributed by atoms with Crippen LogP contribution in [0.3, 0.4) is 0 Å². The molecule has 0 aliphatic rings. The molecule has 0 fully saturated rings. The van der Waals surface area contributed by atoms with Gasteiger partial charge in [-0.1, -0.05) is 37.6 Å². The number of benzene rings is 1. The zero-order chi connectivity index (χ0) is 13.6. The lowest BCUT2D eigenvalue weighted by molar-refractivity contribution is -0.149. The average Bonchev–Trinajstić information content (AvgIpc) is 2.34. The standard InChI is InChI=1S/C14H20F3N/c1-2-11-7-9-12(10-8-11)5-3-4-6-13(18)14(15,16)17/h7-10,13H,2-6,18H2,1H3/t13-/m0/s1. The third kappa shape index (κ3) is 5.08. The zero-order valence-electron chi connectivity index (χ0n) is 10.6. The SMILES string of the molecule is CCc1ccc(CCCC[C@H](N)C(F)(F)F)cc1. The van der Waals surface area contributed by atoms with Crippen molar-refractivity contribution in [1.82, 2.24) is 0 Å². The second-order valence-corrected chi connectivity index (χ2v) is 4.56. The highest BCUT2D eigenvalue weighted by molar-refractivity contribution is 5.22. The van der Waals surface area contributed by atoms with Crippen LogP contribution in [0, 0.1) is 0 Å². The number of rotatable bonds is 6. The minimum atomic E-state index is -4.26. The van der Waals surface area contributed by atoms with E-state index in [9.17, 15) is 13.2 Å². The smallest absolute Gasteiger partial charge is 0.320 e. The van der Waals surface area contributed by atoms with E-state index in [0.717, 1.165) is 19.3 Å². The Hall–Kier alpha value is -1.03. The molecule has 1 aromatic carbocycles. The van der Waals surface area contributed by atoms with Crippen molar-refractivity contribution in [1.29, 1.82) is 0 Å². The van der Waals surface area contributed by atoms with Crippen molar-refractivity contribution < 1.29 is 13.2 Å². The van der Waals surface area contributed by atoms with Crippen LogP contribution >= 0.6 is 0 Å². The molecule has 4 heteroatoms. The maximum absolute atomic E-state index is 12.2. The van der Waals surface area contributed by atoms with Crippen molar-refractivity contribution in [3.63, 3.8) is 0 Å². The first-order valence-electron chi connectivity index (χ1n) is 6.33. The molecular formula is C14H20F3N. The number of hydrogen-bond donors (Lipinski definition) is 1. The fraction of sp³-hybridized carbons (Fsp3) is 0.571. The molecule has 0 spiro atoms. The van der Waals surface area contributed by atoms with Gasteiger partial charge in [0.25, 0.3) is 0 Å². The Kier molecular flexibility index (Phi) is 5.66. The van der Waals surface area contributed by atoms with Gasteiger partial charge >= 0.3 is 6.18 Å². The molecule has 0 amide bonds.